The molecule has 1 fully saturated rings. The summed E-state index contributed by atoms with van der Waals surface area (Å²) in [6.07, 6.45) is 5.93. The van der Waals surface area contributed by atoms with E-state index in [4.69, 9.17) is 11.6 Å². The first kappa shape index (κ1) is 27.4. The van der Waals surface area contributed by atoms with Crippen molar-refractivity contribution in [1.29, 1.82) is 0 Å². The van der Waals surface area contributed by atoms with Crippen molar-refractivity contribution in [2.24, 2.45) is 5.92 Å². The maximum absolute atomic E-state index is 14.9. The number of Topliss-reactive ketones (excluding diaryl/α,β-unsaturated/α-hetero) is 2. The first-order valence-corrected chi connectivity index (χ1v) is 15.1. The maximum atomic E-state index is 14.9. The lowest BCUT2D eigenvalue weighted by atomic mass is 9.64. The number of fused-ring (bicyclic) bond motifs is 6. The van der Waals surface area contributed by atoms with Gasteiger partial charge in [0.1, 0.15) is 11.5 Å². The average molecular weight is 587 g/mol. The largest absolute Gasteiger partial charge is 0.352 e. The van der Waals surface area contributed by atoms with Gasteiger partial charge in [0.25, 0.3) is 0 Å². The molecule has 43 heavy (non-hydrogen) atoms. The van der Waals surface area contributed by atoms with Crippen LogP contribution >= 0.6 is 11.6 Å². The van der Waals surface area contributed by atoms with E-state index in [-0.39, 0.29) is 17.5 Å². The number of halogens is 1. The highest BCUT2D eigenvalue weighted by Crippen LogP contribution is 2.58. The van der Waals surface area contributed by atoms with Crippen LogP contribution in [0, 0.1) is 12.8 Å². The van der Waals surface area contributed by atoms with Gasteiger partial charge in [-0.25, -0.2) is 0 Å². The Hall–Kier alpha value is -4.48. The fourth-order valence-corrected chi connectivity index (χ4v) is 7.51. The third-order valence-corrected chi connectivity index (χ3v) is 9.50. The second kappa shape index (κ2) is 10.4. The summed E-state index contributed by atoms with van der Waals surface area (Å²) in [5.41, 5.74) is 5.01. The Morgan fingerprint density at radius 3 is 2.35 bits per heavy atom. The van der Waals surface area contributed by atoms with Crippen LogP contribution in [0.25, 0.3) is 6.08 Å². The summed E-state index contributed by atoms with van der Waals surface area (Å²) in [5.74, 6) is -1.72. The van der Waals surface area contributed by atoms with Crippen molar-refractivity contribution in [2.45, 2.75) is 44.2 Å². The van der Waals surface area contributed by atoms with E-state index < -0.39 is 23.4 Å². The molecule has 7 rings (SSSR count). The Balaban J connectivity index is 1.50. The zero-order valence-corrected chi connectivity index (χ0v) is 24.8. The Labute approximate surface area is 256 Å². The van der Waals surface area contributed by atoms with Crippen molar-refractivity contribution in [2.75, 3.05) is 10.2 Å². The van der Waals surface area contributed by atoms with E-state index in [0.29, 0.717) is 21.8 Å². The lowest BCUT2D eigenvalue weighted by Gasteiger charge is -2.37. The molecule has 0 aromatic heterocycles. The van der Waals surface area contributed by atoms with Gasteiger partial charge in [-0.05, 0) is 72.5 Å². The van der Waals surface area contributed by atoms with Crippen molar-refractivity contribution in [3.8, 4) is 0 Å². The van der Waals surface area contributed by atoms with E-state index in [9.17, 15) is 14.4 Å². The van der Waals surface area contributed by atoms with Gasteiger partial charge in [0.2, 0.25) is 5.91 Å². The zero-order valence-electron chi connectivity index (χ0n) is 24.0. The summed E-state index contributed by atoms with van der Waals surface area (Å²) >= 11 is 6.20. The van der Waals surface area contributed by atoms with E-state index in [0.717, 1.165) is 40.8 Å². The number of aryl methyl sites for hydroxylation is 2. The summed E-state index contributed by atoms with van der Waals surface area (Å²) < 4.78 is 0. The number of carbonyl (C=O) groups excluding carboxylic acids is 3. The molecule has 0 unspecified atom stereocenters. The van der Waals surface area contributed by atoms with Gasteiger partial charge < -0.3 is 10.2 Å². The fraction of sp³-hybridized carbons (Fsp3) is 0.216. The molecule has 4 aromatic carbocycles. The molecule has 4 atom stereocenters. The summed E-state index contributed by atoms with van der Waals surface area (Å²) in [5, 5.41) is 3.60. The number of rotatable bonds is 6. The molecule has 3 aliphatic rings. The maximum Gasteiger partial charge on any atom is 0.238 e. The predicted octanol–water partition coefficient (Wildman–Crippen LogP) is 7.46. The van der Waals surface area contributed by atoms with Crippen molar-refractivity contribution in [1.82, 2.24) is 0 Å². The van der Waals surface area contributed by atoms with Crippen LogP contribution in [0.3, 0.4) is 0 Å². The first-order valence-electron chi connectivity index (χ1n) is 14.8. The van der Waals surface area contributed by atoms with Gasteiger partial charge in [0.15, 0.2) is 11.6 Å². The van der Waals surface area contributed by atoms with Crippen LogP contribution in [0.4, 0.5) is 11.4 Å². The van der Waals surface area contributed by atoms with Crippen LogP contribution in [0.2, 0.25) is 5.02 Å². The van der Waals surface area contributed by atoms with Crippen molar-refractivity contribution >= 4 is 46.5 Å². The molecule has 6 heteroatoms. The van der Waals surface area contributed by atoms with Crippen LogP contribution in [-0.4, -0.2) is 29.6 Å². The zero-order chi connectivity index (χ0) is 29.9. The minimum Gasteiger partial charge on any atom is -0.352 e. The third kappa shape index (κ3) is 4.09. The average Bonchev–Trinajstić information content (AvgIpc) is 3.49. The number of carbonyl (C=O) groups is 3. The molecular weight excluding hydrogens is 556 g/mol. The number of para-hydroxylation sites is 1. The van der Waals surface area contributed by atoms with Gasteiger partial charge in [-0.3, -0.25) is 14.4 Å². The molecule has 5 nitrogen and oxygen atoms in total. The highest BCUT2D eigenvalue weighted by molar-refractivity contribution is 6.30. The molecule has 4 aromatic rings. The molecule has 0 aliphatic carbocycles. The summed E-state index contributed by atoms with van der Waals surface area (Å²) in [6.45, 7) is 4.14. The number of nitrogens with one attached hydrogen (secondary N) is 1. The van der Waals surface area contributed by atoms with Gasteiger partial charge in [-0.15, -0.1) is 0 Å². The Morgan fingerprint density at radius 1 is 0.907 bits per heavy atom. The summed E-state index contributed by atoms with van der Waals surface area (Å²) in [6, 6.07) is 26.5. The SMILES string of the molecule is CCCc1ccc(C(=O)[C@H]2[C@H](C(=O)c3ccc(Cl)cc3)N3c4ccc(C)cc4C=C[C@@H]3[C@]23C(=O)Nc2ccccc23)cc1. The quantitative estimate of drug-likeness (QED) is 0.238. The van der Waals surface area contributed by atoms with E-state index in [1.165, 1.54) is 0 Å². The second-order valence-electron chi connectivity index (χ2n) is 11.7. The highest BCUT2D eigenvalue weighted by Gasteiger charge is 2.70. The molecule has 0 radical (unpaired) electrons. The minimum absolute atomic E-state index is 0.223. The number of benzene rings is 4. The fourth-order valence-electron chi connectivity index (χ4n) is 7.39. The van der Waals surface area contributed by atoms with Gasteiger partial charge in [-0.1, -0.05) is 91.2 Å². The Morgan fingerprint density at radius 2 is 1.60 bits per heavy atom. The number of hydrogen-bond acceptors (Lipinski definition) is 4. The van der Waals surface area contributed by atoms with E-state index in [1.807, 2.05) is 84.6 Å². The summed E-state index contributed by atoms with van der Waals surface area (Å²) in [4.78, 5) is 46.2. The number of ketones is 2. The van der Waals surface area contributed by atoms with Gasteiger partial charge in [-0.2, -0.15) is 0 Å². The molecular formula is C37H31ClN2O3. The molecule has 1 amide bonds. The monoisotopic (exact) mass is 586 g/mol. The number of nitrogens with zero attached hydrogens (tertiary/aromatic N) is 1. The molecule has 1 N–H and O–H groups in total. The third-order valence-electron chi connectivity index (χ3n) is 9.25. The number of amides is 1. The molecule has 0 bridgehead atoms. The highest BCUT2D eigenvalue weighted by atomic mass is 35.5. The van der Waals surface area contributed by atoms with Crippen LogP contribution in [0.1, 0.15) is 56.3 Å². The molecule has 3 heterocycles. The molecule has 3 aliphatic heterocycles. The van der Waals surface area contributed by atoms with E-state index in [1.54, 1.807) is 24.3 Å². The van der Waals surface area contributed by atoms with Gasteiger partial charge in [0, 0.05) is 27.5 Å². The summed E-state index contributed by atoms with van der Waals surface area (Å²) in [7, 11) is 0. The molecule has 214 valence electrons. The van der Waals surface area contributed by atoms with Crippen molar-refractivity contribution < 1.29 is 14.4 Å². The smallest absolute Gasteiger partial charge is 0.238 e. The molecule has 0 saturated carbocycles. The normalized spacial score (nSPS) is 23.1. The van der Waals surface area contributed by atoms with Gasteiger partial charge >= 0.3 is 0 Å². The second-order valence-corrected chi connectivity index (χ2v) is 12.2. The Bertz CT molecular complexity index is 1810. The minimum atomic E-state index is -1.33. The predicted molar refractivity (Wildman–Crippen MR) is 171 cm³/mol. The lowest BCUT2D eigenvalue weighted by molar-refractivity contribution is -0.121. The van der Waals surface area contributed by atoms with Crippen LogP contribution in [-0.2, 0) is 16.6 Å². The number of hydrogen-bond donors (Lipinski definition) is 1. The standard InChI is InChI=1S/C37H31ClN2O3/c1-3-6-23-10-12-24(13-11-23)34(41)32-33(35(42)25-14-17-27(38)18-15-25)40-30-19-9-22(2)21-26(30)16-20-31(40)37(32)28-7-4-5-8-29(28)39-36(37)43/h4-5,7-21,31-33H,3,6H2,1-2H3,(H,39,43)/t31-,32-,33-,37+/m1/s1. The van der Waals surface area contributed by atoms with Crippen molar-refractivity contribution in [3.63, 3.8) is 0 Å². The van der Waals surface area contributed by atoms with Crippen LogP contribution in [0.5, 0.6) is 0 Å². The van der Waals surface area contributed by atoms with E-state index in [2.05, 4.69) is 18.3 Å². The Kier molecular flexibility index (Phi) is 6.59. The van der Waals surface area contributed by atoms with Crippen molar-refractivity contribution in [3.05, 3.63) is 135 Å². The first-order chi connectivity index (χ1) is 20.8. The van der Waals surface area contributed by atoms with E-state index >= 15 is 0 Å². The molecule has 1 saturated heterocycles. The number of anilines is 2. The topological polar surface area (TPSA) is 66.5 Å². The molecule has 1 spiro atoms. The lowest BCUT2D eigenvalue weighted by Crippen LogP contribution is -2.51. The van der Waals surface area contributed by atoms with Crippen LogP contribution < -0.4 is 10.2 Å². The van der Waals surface area contributed by atoms with Gasteiger partial charge in [0.05, 0.1) is 12.0 Å². The van der Waals surface area contributed by atoms with Crippen LogP contribution in [0.15, 0.2) is 97.1 Å².